The highest BCUT2D eigenvalue weighted by Crippen LogP contribution is 2.53. The van der Waals surface area contributed by atoms with Crippen LogP contribution in [0.5, 0.6) is 0 Å². The molecule has 2 aromatic rings. The molecule has 6 nitrogen and oxygen atoms in total. The minimum absolute atomic E-state index is 0.0409. The monoisotopic (exact) mass is 356 g/mol. The van der Waals surface area contributed by atoms with Crippen LogP contribution in [0.15, 0.2) is 18.3 Å². The molecule has 2 N–H and O–H groups in total. The number of nitrogens with one attached hydrogen (secondary N) is 1. The average molecular weight is 357 g/mol. The third-order valence-electron chi connectivity index (χ3n) is 5.21. The maximum atomic E-state index is 14.3. The number of hydrogen-bond acceptors (Lipinski definition) is 4. The number of carboxylic acid groups (broad SMARTS) is 1. The number of rotatable bonds is 3. The van der Waals surface area contributed by atoms with Crippen LogP contribution < -0.4 is 5.32 Å². The molecule has 3 saturated carbocycles. The first kappa shape index (κ1) is 15.6. The van der Waals surface area contributed by atoms with E-state index in [2.05, 4.69) is 15.4 Å². The third kappa shape index (κ3) is 2.31. The highest BCUT2D eigenvalue weighted by atomic mass is 35.5. The zero-order valence-electron chi connectivity index (χ0n) is 12.5. The number of carbonyl (C=O) groups is 1. The van der Waals surface area contributed by atoms with Gasteiger partial charge < -0.3 is 10.4 Å². The fraction of sp³-hybridized carbons (Fsp3) is 0.533. The molecule has 0 radical (unpaired) electrons. The Kier molecular flexibility index (Phi) is 3.42. The van der Waals surface area contributed by atoms with Crippen LogP contribution >= 0.6 is 11.6 Å². The van der Waals surface area contributed by atoms with Crippen LogP contribution in [0.4, 0.5) is 14.6 Å². The van der Waals surface area contributed by atoms with Gasteiger partial charge in [-0.2, -0.15) is 4.98 Å². The van der Waals surface area contributed by atoms with Crippen molar-refractivity contribution in [2.45, 2.75) is 31.2 Å². The van der Waals surface area contributed by atoms with Gasteiger partial charge in [-0.15, -0.1) is 5.10 Å². The number of halogens is 3. The van der Waals surface area contributed by atoms with E-state index < -0.39 is 35.7 Å². The topological polar surface area (TPSA) is 79.5 Å². The predicted molar refractivity (Wildman–Crippen MR) is 82.3 cm³/mol. The fourth-order valence-electron chi connectivity index (χ4n) is 4.22. The van der Waals surface area contributed by atoms with Crippen molar-refractivity contribution in [1.82, 2.24) is 14.6 Å². The predicted octanol–water partition coefficient (Wildman–Crippen LogP) is 2.93. The van der Waals surface area contributed by atoms with Gasteiger partial charge in [-0.1, -0.05) is 0 Å². The lowest BCUT2D eigenvalue weighted by Crippen LogP contribution is -2.59. The van der Waals surface area contributed by atoms with E-state index in [0.717, 1.165) is 0 Å². The summed E-state index contributed by atoms with van der Waals surface area (Å²) in [6.07, 6.45) is 2.11. The molecule has 0 saturated heterocycles. The van der Waals surface area contributed by atoms with Crippen molar-refractivity contribution >= 4 is 28.9 Å². The molecule has 24 heavy (non-hydrogen) atoms. The van der Waals surface area contributed by atoms with Crippen molar-refractivity contribution in [2.24, 2.45) is 17.8 Å². The van der Waals surface area contributed by atoms with Gasteiger partial charge in [0.15, 0.2) is 5.82 Å². The van der Waals surface area contributed by atoms with Gasteiger partial charge in [0.2, 0.25) is 5.28 Å². The largest absolute Gasteiger partial charge is 0.481 e. The second-order valence-corrected chi connectivity index (χ2v) is 6.85. The van der Waals surface area contributed by atoms with E-state index >= 15 is 0 Å². The zero-order valence-corrected chi connectivity index (χ0v) is 13.2. The van der Waals surface area contributed by atoms with E-state index in [1.54, 1.807) is 18.3 Å². The van der Waals surface area contributed by atoms with Crippen molar-refractivity contribution in [3.05, 3.63) is 23.6 Å². The van der Waals surface area contributed by atoms with Gasteiger partial charge in [0.25, 0.3) is 5.92 Å². The van der Waals surface area contributed by atoms with Crippen molar-refractivity contribution in [3.63, 3.8) is 0 Å². The summed E-state index contributed by atoms with van der Waals surface area (Å²) in [4.78, 5) is 15.8. The number of fused-ring (bicyclic) bond motifs is 4. The SMILES string of the molecule is O=C(O)[C@H]1[C@H]2CC[C@@H]([C@@H]1Nc1nc(Cl)nn3cccc13)C(F)(F)C2. The summed E-state index contributed by atoms with van der Waals surface area (Å²) in [6.45, 7) is 0. The Bertz CT molecular complexity index is 812. The van der Waals surface area contributed by atoms with Gasteiger partial charge in [0, 0.05) is 24.6 Å². The molecule has 2 aromatic heterocycles. The number of anilines is 1. The van der Waals surface area contributed by atoms with Crippen LogP contribution in [0.3, 0.4) is 0 Å². The number of carboxylic acids is 1. The lowest BCUT2D eigenvalue weighted by Gasteiger charge is -2.50. The minimum Gasteiger partial charge on any atom is -0.481 e. The summed E-state index contributed by atoms with van der Waals surface area (Å²) in [6, 6.07) is 2.55. The third-order valence-corrected chi connectivity index (χ3v) is 5.37. The zero-order chi connectivity index (χ0) is 17.1. The highest BCUT2D eigenvalue weighted by Gasteiger charge is 2.60. The van der Waals surface area contributed by atoms with Gasteiger partial charge in [-0.25, -0.2) is 13.3 Å². The van der Waals surface area contributed by atoms with Crippen LogP contribution in [-0.4, -0.2) is 37.6 Å². The molecule has 0 aliphatic heterocycles. The van der Waals surface area contributed by atoms with Crippen molar-refractivity contribution in [1.29, 1.82) is 0 Å². The quantitative estimate of drug-likeness (QED) is 0.884. The summed E-state index contributed by atoms with van der Waals surface area (Å²) in [7, 11) is 0. The molecule has 0 unspecified atom stereocenters. The molecule has 3 aliphatic rings. The maximum Gasteiger partial charge on any atom is 0.308 e. The van der Waals surface area contributed by atoms with Gasteiger partial charge in [-0.05, 0) is 42.5 Å². The first-order chi connectivity index (χ1) is 11.4. The van der Waals surface area contributed by atoms with E-state index in [1.807, 2.05) is 0 Å². The summed E-state index contributed by atoms with van der Waals surface area (Å²) >= 11 is 5.88. The number of aliphatic carboxylic acids is 1. The lowest BCUT2D eigenvalue weighted by molar-refractivity contribution is -0.175. The molecular weight excluding hydrogens is 342 g/mol. The lowest BCUT2D eigenvalue weighted by atomic mass is 9.60. The summed E-state index contributed by atoms with van der Waals surface area (Å²) in [5.41, 5.74) is 0.563. The van der Waals surface area contributed by atoms with Crippen LogP contribution in [0, 0.1) is 17.8 Å². The van der Waals surface area contributed by atoms with Crippen molar-refractivity contribution in [3.8, 4) is 0 Å². The summed E-state index contributed by atoms with van der Waals surface area (Å²) in [5, 5.41) is 16.5. The van der Waals surface area contributed by atoms with Crippen LogP contribution in [0.1, 0.15) is 19.3 Å². The molecule has 0 amide bonds. The van der Waals surface area contributed by atoms with Crippen molar-refractivity contribution in [2.75, 3.05) is 5.32 Å². The van der Waals surface area contributed by atoms with E-state index in [1.165, 1.54) is 4.52 Å². The number of alkyl halides is 2. The number of nitrogens with zero attached hydrogens (tertiary/aromatic N) is 3. The Morgan fingerprint density at radius 2 is 2.25 bits per heavy atom. The normalized spacial score (nSPS) is 31.3. The second kappa shape index (κ2) is 5.27. The fourth-order valence-corrected chi connectivity index (χ4v) is 4.38. The number of hydrogen-bond donors (Lipinski definition) is 2. The van der Waals surface area contributed by atoms with E-state index in [4.69, 9.17) is 11.6 Å². The molecule has 2 heterocycles. The first-order valence-corrected chi connectivity index (χ1v) is 8.12. The van der Waals surface area contributed by atoms with Gasteiger partial charge in [-0.3, -0.25) is 4.79 Å². The highest BCUT2D eigenvalue weighted by molar-refractivity contribution is 6.28. The summed E-state index contributed by atoms with van der Waals surface area (Å²) < 4.78 is 30.1. The molecule has 3 aliphatic carbocycles. The molecular formula is C15H15ClF2N4O2. The molecule has 3 fully saturated rings. The van der Waals surface area contributed by atoms with Gasteiger partial charge in [0.1, 0.15) is 5.52 Å². The molecule has 128 valence electrons. The molecule has 5 rings (SSSR count). The smallest absolute Gasteiger partial charge is 0.308 e. The minimum atomic E-state index is -2.87. The Balaban J connectivity index is 1.75. The molecule has 0 spiro atoms. The Morgan fingerprint density at radius 1 is 1.46 bits per heavy atom. The Labute approximate surface area is 140 Å². The van der Waals surface area contributed by atoms with Crippen molar-refractivity contribution < 1.29 is 18.7 Å². The van der Waals surface area contributed by atoms with E-state index in [0.29, 0.717) is 18.4 Å². The van der Waals surface area contributed by atoms with Crippen LogP contribution in [0.2, 0.25) is 5.28 Å². The maximum absolute atomic E-state index is 14.3. The van der Waals surface area contributed by atoms with Crippen LogP contribution in [0.25, 0.3) is 5.52 Å². The molecule has 9 heteroatoms. The van der Waals surface area contributed by atoms with E-state index in [-0.39, 0.29) is 17.5 Å². The summed E-state index contributed by atoms with van der Waals surface area (Å²) in [5.74, 6) is -6.09. The Morgan fingerprint density at radius 3 is 2.96 bits per heavy atom. The number of aromatic nitrogens is 3. The van der Waals surface area contributed by atoms with Gasteiger partial charge in [0.05, 0.1) is 5.92 Å². The standard InChI is InChI=1S/C15H15ClF2N4O2/c16-14-20-12(9-2-1-5-22(9)21-14)19-11-8-4-3-7(6-15(8,17)18)10(11)13(23)24/h1-2,5,7-8,10-11H,3-4,6H2,(H,23,24)(H,19,20,21)/t7-,8-,10-,11-/m0/s1. The molecule has 0 aromatic carbocycles. The molecule has 4 atom stereocenters. The second-order valence-electron chi connectivity index (χ2n) is 6.51. The van der Waals surface area contributed by atoms with Crippen LogP contribution in [-0.2, 0) is 4.79 Å². The average Bonchev–Trinajstić information content (AvgIpc) is 2.94. The van der Waals surface area contributed by atoms with Gasteiger partial charge >= 0.3 is 5.97 Å². The first-order valence-electron chi connectivity index (χ1n) is 7.75. The molecule has 2 bridgehead atoms. The van der Waals surface area contributed by atoms with E-state index in [9.17, 15) is 18.7 Å². The Hall–Kier alpha value is -1.96.